The lowest BCUT2D eigenvalue weighted by atomic mass is 10.1. The standard InChI is InChI=1S/C15H22F3NO/c1-12(19-10-4-3-9-15(16,17)18)11-13-5-7-14(20-2)8-6-13/h5-8,12,19H,3-4,9-11H2,1-2H3. The SMILES string of the molecule is COc1ccc(CC(C)NCCCCC(F)(F)F)cc1. The van der Waals surface area contributed by atoms with E-state index in [4.69, 9.17) is 4.74 Å². The van der Waals surface area contributed by atoms with Gasteiger partial charge in [-0.05, 0) is 50.4 Å². The number of rotatable bonds is 8. The highest BCUT2D eigenvalue weighted by Gasteiger charge is 2.25. The zero-order valence-electron chi connectivity index (χ0n) is 12.0. The number of hydrogen-bond acceptors (Lipinski definition) is 2. The van der Waals surface area contributed by atoms with Gasteiger partial charge in [0.15, 0.2) is 0 Å². The molecule has 0 radical (unpaired) electrons. The van der Waals surface area contributed by atoms with Crippen LogP contribution < -0.4 is 10.1 Å². The van der Waals surface area contributed by atoms with Gasteiger partial charge in [0.25, 0.3) is 0 Å². The molecular weight excluding hydrogens is 267 g/mol. The van der Waals surface area contributed by atoms with E-state index in [9.17, 15) is 13.2 Å². The number of benzene rings is 1. The van der Waals surface area contributed by atoms with E-state index in [1.807, 2.05) is 31.2 Å². The predicted octanol–water partition coefficient (Wildman–Crippen LogP) is 3.95. The highest BCUT2D eigenvalue weighted by Crippen LogP contribution is 2.21. The van der Waals surface area contributed by atoms with Crippen LogP contribution in [0, 0.1) is 0 Å². The summed E-state index contributed by atoms with van der Waals surface area (Å²) in [6.07, 6.45) is -3.14. The third kappa shape index (κ3) is 7.38. The van der Waals surface area contributed by atoms with E-state index >= 15 is 0 Å². The number of alkyl halides is 3. The van der Waals surface area contributed by atoms with E-state index in [2.05, 4.69) is 5.32 Å². The van der Waals surface area contributed by atoms with Crippen LogP contribution in [0.4, 0.5) is 13.2 Å². The second kappa shape index (κ2) is 8.15. The minimum atomic E-state index is -4.03. The molecular formula is C15H22F3NO. The van der Waals surface area contributed by atoms with Gasteiger partial charge in [-0.15, -0.1) is 0 Å². The number of unbranched alkanes of at least 4 members (excludes halogenated alkanes) is 1. The highest BCUT2D eigenvalue weighted by molar-refractivity contribution is 5.27. The number of halogens is 3. The van der Waals surface area contributed by atoms with Crippen LogP contribution >= 0.6 is 0 Å². The van der Waals surface area contributed by atoms with E-state index in [0.717, 1.165) is 12.2 Å². The van der Waals surface area contributed by atoms with Crippen molar-refractivity contribution >= 4 is 0 Å². The molecule has 2 nitrogen and oxygen atoms in total. The number of nitrogens with one attached hydrogen (secondary N) is 1. The smallest absolute Gasteiger partial charge is 0.389 e. The number of hydrogen-bond donors (Lipinski definition) is 1. The van der Waals surface area contributed by atoms with Crippen molar-refractivity contribution in [2.24, 2.45) is 0 Å². The van der Waals surface area contributed by atoms with Crippen LogP contribution in [0.2, 0.25) is 0 Å². The van der Waals surface area contributed by atoms with Crippen molar-refractivity contribution in [2.45, 2.75) is 44.8 Å². The third-order valence-corrected chi connectivity index (χ3v) is 3.08. The summed E-state index contributed by atoms with van der Waals surface area (Å²) in [4.78, 5) is 0. The largest absolute Gasteiger partial charge is 0.497 e. The molecule has 1 unspecified atom stereocenters. The Bertz CT molecular complexity index is 376. The normalized spacial score (nSPS) is 13.2. The number of methoxy groups -OCH3 is 1. The van der Waals surface area contributed by atoms with Gasteiger partial charge in [-0.25, -0.2) is 0 Å². The second-order valence-electron chi connectivity index (χ2n) is 4.98. The predicted molar refractivity (Wildman–Crippen MR) is 74.1 cm³/mol. The summed E-state index contributed by atoms with van der Waals surface area (Å²) in [5.74, 6) is 0.821. The summed E-state index contributed by atoms with van der Waals surface area (Å²) in [6, 6.07) is 8.06. The van der Waals surface area contributed by atoms with E-state index in [-0.39, 0.29) is 12.5 Å². The topological polar surface area (TPSA) is 21.3 Å². The summed E-state index contributed by atoms with van der Waals surface area (Å²) in [5.41, 5.74) is 1.18. The van der Waals surface area contributed by atoms with Gasteiger partial charge in [0, 0.05) is 12.5 Å². The molecule has 1 N–H and O–H groups in total. The van der Waals surface area contributed by atoms with Crippen LogP contribution in [-0.4, -0.2) is 25.9 Å². The van der Waals surface area contributed by atoms with E-state index in [1.54, 1.807) is 7.11 Å². The van der Waals surface area contributed by atoms with Crippen molar-refractivity contribution in [3.05, 3.63) is 29.8 Å². The molecule has 0 heterocycles. The Labute approximate surface area is 118 Å². The Morgan fingerprint density at radius 1 is 1.15 bits per heavy atom. The fraction of sp³-hybridized carbons (Fsp3) is 0.600. The Hall–Kier alpha value is -1.23. The number of ether oxygens (including phenoxy) is 1. The zero-order chi connectivity index (χ0) is 15.0. The maximum absolute atomic E-state index is 12.0. The maximum atomic E-state index is 12.0. The van der Waals surface area contributed by atoms with Crippen LogP contribution in [0.5, 0.6) is 5.75 Å². The van der Waals surface area contributed by atoms with Gasteiger partial charge < -0.3 is 10.1 Å². The third-order valence-electron chi connectivity index (χ3n) is 3.08. The molecule has 114 valence electrons. The first-order valence-electron chi connectivity index (χ1n) is 6.84. The molecule has 0 aliphatic heterocycles. The van der Waals surface area contributed by atoms with Crippen molar-refractivity contribution in [3.63, 3.8) is 0 Å². The lowest BCUT2D eigenvalue weighted by Gasteiger charge is -2.14. The summed E-state index contributed by atoms with van der Waals surface area (Å²) in [6.45, 7) is 2.65. The minimum absolute atomic E-state index is 0.186. The molecule has 0 saturated carbocycles. The molecule has 0 bridgehead atoms. The molecule has 0 amide bonds. The Kier molecular flexibility index (Phi) is 6.85. The second-order valence-corrected chi connectivity index (χ2v) is 4.98. The maximum Gasteiger partial charge on any atom is 0.389 e. The molecule has 0 spiro atoms. The van der Waals surface area contributed by atoms with Crippen LogP contribution in [0.15, 0.2) is 24.3 Å². The van der Waals surface area contributed by atoms with Gasteiger partial charge in [0.1, 0.15) is 5.75 Å². The van der Waals surface area contributed by atoms with Crippen molar-refractivity contribution < 1.29 is 17.9 Å². The van der Waals surface area contributed by atoms with Crippen molar-refractivity contribution in [2.75, 3.05) is 13.7 Å². The van der Waals surface area contributed by atoms with E-state index in [1.165, 1.54) is 5.56 Å². The van der Waals surface area contributed by atoms with Crippen LogP contribution in [0.3, 0.4) is 0 Å². The molecule has 5 heteroatoms. The first-order valence-corrected chi connectivity index (χ1v) is 6.84. The molecule has 1 atom stereocenters. The van der Waals surface area contributed by atoms with Gasteiger partial charge in [-0.2, -0.15) is 13.2 Å². The summed E-state index contributed by atoms with van der Waals surface area (Å²) >= 11 is 0. The van der Waals surface area contributed by atoms with E-state index < -0.39 is 12.6 Å². The fourth-order valence-electron chi connectivity index (χ4n) is 1.99. The van der Waals surface area contributed by atoms with Gasteiger partial charge in [0.05, 0.1) is 7.11 Å². The average Bonchev–Trinajstić information content (AvgIpc) is 2.38. The molecule has 0 saturated heterocycles. The monoisotopic (exact) mass is 289 g/mol. The van der Waals surface area contributed by atoms with E-state index in [0.29, 0.717) is 13.0 Å². The Morgan fingerprint density at radius 3 is 2.35 bits per heavy atom. The zero-order valence-corrected chi connectivity index (χ0v) is 12.0. The first kappa shape index (κ1) is 16.8. The fourth-order valence-corrected chi connectivity index (χ4v) is 1.99. The molecule has 0 aromatic heterocycles. The summed E-state index contributed by atoms with van der Waals surface area (Å²) in [7, 11) is 1.63. The van der Waals surface area contributed by atoms with Crippen LogP contribution in [0.1, 0.15) is 31.7 Å². The Morgan fingerprint density at radius 2 is 1.80 bits per heavy atom. The first-order chi connectivity index (χ1) is 9.40. The van der Waals surface area contributed by atoms with Crippen LogP contribution in [-0.2, 0) is 6.42 Å². The van der Waals surface area contributed by atoms with Crippen molar-refractivity contribution in [1.29, 1.82) is 0 Å². The molecule has 0 fully saturated rings. The molecule has 20 heavy (non-hydrogen) atoms. The van der Waals surface area contributed by atoms with Gasteiger partial charge >= 0.3 is 6.18 Å². The van der Waals surface area contributed by atoms with Gasteiger partial charge in [0.2, 0.25) is 0 Å². The van der Waals surface area contributed by atoms with Crippen LogP contribution in [0.25, 0.3) is 0 Å². The quantitative estimate of drug-likeness (QED) is 0.732. The Balaban J connectivity index is 2.18. The molecule has 0 aliphatic rings. The summed E-state index contributed by atoms with van der Waals surface area (Å²) in [5, 5.41) is 3.25. The highest BCUT2D eigenvalue weighted by atomic mass is 19.4. The molecule has 0 aliphatic carbocycles. The van der Waals surface area contributed by atoms with Crippen molar-refractivity contribution in [1.82, 2.24) is 5.32 Å². The lowest BCUT2D eigenvalue weighted by Crippen LogP contribution is -2.29. The molecule has 1 aromatic rings. The average molecular weight is 289 g/mol. The van der Waals surface area contributed by atoms with Crippen molar-refractivity contribution in [3.8, 4) is 5.75 Å². The minimum Gasteiger partial charge on any atom is -0.497 e. The summed E-state index contributed by atoms with van der Waals surface area (Å²) < 4.78 is 41.0. The van der Waals surface area contributed by atoms with Gasteiger partial charge in [-0.3, -0.25) is 0 Å². The molecule has 1 aromatic carbocycles. The molecule has 1 rings (SSSR count). The lowest BCUT2D eigenvalue weighted by molar-refractivity contribution is -0.135. The van der Waals surface area contributed by atoms with Gasteiger partial charge in [-0.1, -0.05) is 12.1 Å².